The van der Waals surface area contributed by atoms with Crippen molar-refractivity contribution >= 4 is 0 Å². The van der Waals surface area contributed by atoms with Crippen LogP contribution in [0.15, 0.2) is 0 Å². The van der Waals surface area contributed by atoms with Crippen molar-refractivity contribution in [3.05, 3.63) is 0 Å². The van der Waals surface area contributed by atoms with Crippen LogP contribution in [-0.4, -0.2) is 6.67 Å². The zero-order valence-corrected chi connectivity index (χ0v) is 11.3. The second kappa shape index (κ2) is 3.75. The molecule has 0 aromatic rings. The number of alkyl halides is 1. The third-order valence-corrected chi connectivity index (χ3v) is 4.71. The predicted molar refractivity (Wildman–Crippen MR) is 64.7 cm³/mol. The van der Waals surface area contributed by atoms with E-state index in [1.807, 2.05) is 0 Å². The highest BCUT2D eigenvalue weighted by Gasteiger charge is 2.53. The van der Waals surface area contributed by atoms with Gasteiger partial charge in [0.2, 0.25) is 0 Å². The molecule has 0 amide bonds. The first-order valence-electron chi connectivity index (χ1n) is 6.20. The maximum Gasteiger partial charge on any atom is 0.0922 e. The lowest BCUT2D eigenvalue weighted by Gasteiger charge is -2.52. The molecule has 0 spiro atoms. The minimum Gasteiger partial charge on any atom is -0.251 e. The number of hydrogen-bond acceptors (Lipinski definition) is 0. The molecule has 0 aliphatic heterocycles. The molecule has 1 aliphatic carbocycles. The van der Waals surface area contributed by atoms with E-state index in [0.717, 1.165) is 12.8 Å². The highest BCUT2D eigenvalue weighted by atomic mass is 19.1. The molecule has 0 N–H and O–H groups in total. The summed E-state index contributed by atoms with van der Waals surface area (Å²) in [5, 5.41) is 0. The van der Waals surface area contributed by atoms with E-state index in [1.165, 1.54) is 6.42 Å². The van der Waals surface area contributed by atoms with Gasteiger partial charge in [-0.1, -0.05) is 41.5 Å². The van der Waals surface area contributed by atoms with Crippen molar-refractivity contribution in [3.8, 4) is 0 Å². The summed E-state index contributed by atoms with van der Waals surface area (Å²) < 4.78 is 12.8. The van der Waals surface area contributed by atoms with Gasteiger partial charge in [-0.15, -0.1) is 0 Å². The van der Waals surface area contributed by atoms with Gasteiger partial charge >= 0.3 is 0 Å². The van der Waals surface area contributed by atoms with E-state index in [4.69, 9.17) is 0 Å². The van der Waals surface area contributed by atoms with Crippen molar-refractivity contribution in [2.45, 2.75) is 60.8 Å². The van der Waals surface area contributed by atoms with Gasteiger partial charge in [0.1, 0.15) is 0 Å². The third kappa shape index (κ3) is 2.07. The molecule has 0 aromatic carbocycles. The van der Waals surface area contributed by atoms with Gasteiger partial charge in [-0.2, -0.15) is 0 Å². The van der Waals surface area contributed by atoms with Crippen molar-refractivity contribution in [3.63, 3.8) is 0 Å². The van der Waals surface area contributed by atoms with Crippen molar-refractivity contribution < 1.29 is 4.39 Å². The summed E-state index contributed by atoms with van der Waals surface area (Å²) in [6, 6.07) is 0. The van der Waals surface area contributed by atoms with Crippen molar-refractivity contribution in [2.75, 3.05) is 6.67 Å². The molecule has 1 fully saturated rings. The fourth-order valence-corrected chi connectivity index (χ4v) is 3.77. The molecule has 1 saturated carbocycles. The van der Waals surface area contributed by atoms with Gasteiger partial charge in [-0.25, -0.2) is 0 Å². The molecule has 15 heavy (non-hydrogen) atoms. The van der Waals surface area contributed by atoms with E-state index in [0.29, 0.717) is 11.3 Å². The zero-order valence-electron chi connectivity index (χ0n) is 11.3. The molecule has 0 aromatic heterocycles. The minimum atomic E-state index is -0.131. The monoisotopic (exact) mass is 214 g/mol. The van der Waals surface area contributed by atoms with Crippen LogP contribution >= 0.6 is 0 Å². The maximum atomic E-state index is 12.8. The molecule has 0 nitrogen and oxygen atoms in total. The molecule has 0 bridgehead atoms. The smallest absolute Gasteiger partial charge is 0.0922 e. The van der Waals surface area contributed by atoms with Crippen LogP contribution in [0.1, 0.15) is 60.8 Å². The van der Waals surface area contributed by atoms with Crippen LogP contribution in [0.5, 0.6) is 0 Å². The molecule has 0 saturated heterocycles. The Hall–Kier alpha value is -0.0700. The minimum absolute atomic E-state index is 0.131. The van der Waals surface area contributed by atoms with E-state index in [2.05, 4.69) is 41.5 Å². The van der Waals surface area contributed by atoms with E-state index in [1.54, 1.807) is 0 Å². The Labute approximate surface area is 94.6 Å². The quantitative estimate of drug-likeness (QED) is 0.586. The predicted octanol–water partition coefficient (Wildman–Crippen LogP) is 4.83. The van der Waals surface area contributed by atoms with Crippen molar-refractivity contribution in [1.82, 2.24) is 0 Å². The molecular weight excluding hydrogens is 187 g/mol. The molecule has 90 valence electrons. The molecule has 1 unspecified atom stereocenters. The second-order valence-corrected chi connectivity index (χ2v) is 7.35. The first-order chi connectivity index (χ1) is 6.64. The topological polar surface area (TPSA) is 0 Å². The van der Waals surface area contributed by atoms with Crippen LogP contribution in [0.25, 0.3) is 0 Å². The SMILES string of the molecule is CC(C)(C)C1(C(C)(C)C)CCC(CF)C1. The summed E-state index contributed by atoms with van der Waals surface area (Å²) in [7, 11) is 0. The van der Waals surface area contributed by atoms with Crippen LogP contribution in [0.3, 0.4) is 0 Å². The van der Waals surface area contributed by atoms with E-state index in [-0.39, 0.29) is 17.5 Å². The lowest BCUT2D eigenvalue weighted by molar-refractivity contribution is -0.0298. The first-order valence-corrected chi connectivity index (χ1v) is 6.20. The van der Waals surface area contributed by atoms with Crippen molar-refractivity contribution in [2.24, 2.45) is 22.2 Å². The van der Waals surface area contributed by atoms with Gasteiger partial charge in [0, 0.05) is 0 Å². The van der Waals surface area contributed by atoms with Crippen LogP contribution in [0.4, 0.5) is 4.39 Å². The Morgan fingerprint density at radius 2 is 1.53 bits per heavy atom. The van der Waals surface area contributed by atoms with Gasteiger partial charge in [0.15, 0.2) is 0 Å². The average Bonchev–Trinajstić information content (AvgIpc) is 2.45. The lowest BCUT2D eigenvalue weighted by Crippen LogP contribution is -2.44. The van der Waals surface area contributed by atoms with E-state index < -0.39 is 0 Å². The molecule has 0 heterocycles. The van der Waals surface area contributed by atoms with Crippen LogP contribution < -0.4 is 0 Å². The van der Waals surface area contributed by atoms with Crippen LogP contribution in [0.2, 0.25) is 0 Å². The Bertz CT molecular complexity index is 202. The fourth-order valence-electron chi connectivity index (χ4n) is 3.77. The standard InChI is InChI=1S/C14H27F/c1-12(2,3)14(13(4,5)6)8-7-11(9-14)10-15/h11H,7-10H2,1-6H3. The summed E-state index contributed by atoms with van der Waals surface area (Å²) >= 11 is 0. The van der Waals surface area contributed by atoms with Gasteiger partial charge in [0.05, 0.1) is 6.67 Å². The molecular formula is C14H27F. The summed E-state index contributed by atoms with van der Waals surface area (Å²) in [5.74, 6) is 0.309. The molecule has 1 atom stereocenters. The van der Waals surface area contributed by atoms with Crippen LogP contribution in [-0.2, 0) is 0 Å². The zero-order chi connectivity index (χ0) is 11.9. The van der Waals surface area contributed by atoms with Gasteiger partial charge in [0.25, 0.3) is 0 Å². The fraction of sp³-hybridized carbons (Fsp3) is 1.00. The highest BCUT2D eigenvalue weighted by molar-refractivity contribution is 5.03. The van der Waals surface area contributed by atoms with E-state index >= 15 is 0 Å². The number of rotatable bonds is 1. The lowest BCUT2D eigenvalue weighted by atomic mass is 9.53. The van der Waals surface area contributed by atoms with Gasteiger partial charge in [-0.3, -0.25) is 4.39 Å². The van der Waals surface area contributed by atoms with Gasteiger partial charge in [-0.05, 0) is 41.4 Å². The Morgan fingerprint density at radius 1 is 1.07 bits per heavy atom. The average molecular weight is 214 g/mol. The summed E-state index contributed by atoms with van der Waals surface area (Å²) in [4.78, 5) is 0. The number of halogens is 1. The highest BCUT2D eigenvalue weighted by Crippen LogP contribution is 2.62. The van der Waals surface area contributed by atoms with Crippen molar-refractivity contribution in [1.29, 1.82) is 0 Å². The van der Waals surface area contributed by atoms with Crippen LogP contribution in [0, 0.1) is 22.2 Å². The summed E-state index contributed by atoms with van der Waals surface area (Å²) in [6.45, 7) is 13.8. The molecule has 1 aliphatic rings. The largest absolute Gasteiger partial charge is 0.251 e. The first kappa shape index (κ1) is 13.0. The Balaban J connectivity index is 3.01. The third-order valence-electron chi connectivity index (χ3n) is 4.71. The molecule has 1 heteroatoms. The maximum absolute atomic E-state index is 12.8. The summed E-state index contributed by atoms with van der Waals surface area (Å²) in [6.07, 6.45) is 3.33. The second-order valence-electron chi connectivity index (χ2n) is 7.35. The number of hydrogen-bond donors (Lipinski definition) is 0. The van der Waals surface area contributed by atoms with Gasteiger partial charge < -0.3 is 0 Å². The molecule has 0 radical (unpaired) electrons. The Kier molecular flexibility index (Phi) is 3.25. The normalized spacial score (nSPS) is 27.0. The van der Waals surface area contributed by atoms with E-state index in [9.17, 15) is 4.39 Å². The molecule has 1 rings (SSSR count). The Morgan fingerprint density at radius 3 is 1.73 bits per heavy atom. The summed E-state index contributed by atoms with van der Waals surface area (Å²) in [5.41, 5.74) is 0.848.